The molecule has 1 heterocycles. The summed E-state index contributed by atoms with van der Waals surface area (Å²) in [4.78, 5) is 13.1. The van der Waals surface area contributed by atoms with Gasteiger partial charge in [-0.05, 0) is 44.4 Å². The fraction of sp³-hybridized carbons (Fsp3) is 0.273. The number of aromatic nitrogens is 2. The zero-order valence-corrected chi connectivity index (χ0v) is 17.3. The van der Waals surface area contributed by atoms with E-state index in [2.05, 4.69) is 10.4 Å². The van der Waals surface area contributed by atoms with Crippen LogP contribution in [-0.2, 0) is 12.8 Å². The van der Waals surface area contributed by atoms with E-state index in [1.807, 2.05) is 35.9 Å². The maximum absolute atomic E-state index is 13.1. The molecule has 4 rings (SSSR count). The van der Waals surface area contributed by atoms with Crippen molar-refractivity contribution in [3.05, 3.63) is 63.9 Å². The van der Waals surface area contributed by atoms with Gasteiger partial charge in [-0.25, -0.2) is 4.68 Å². The van der Waals surface area contributed by atoms with Crippen LogP contribution in [-0.4, -0.2) is 29.9 Å². The SMILES string of the molecule is COc1cc(OC)c(NC(=O)c2nn(-c3ccc(C)cc3)c3c2CCC3)cc1Cl. The summed E-state index contributed by atoms with van der Waals surface area (Å²) in [6.07, 6.45) is 2.75. The van der Waals surface area contributed by atoms with Crippen LogP contribution in [0.5, 0.6) is 11.5 Å². The van der Waals surface area contributed by atoms with E-state index in [0.29, 0.717) is 27.9 Å². The number of halogens is 1. The minimum atomic E-state index is -0.284. The molecule has 29 heavy (non-hydrogen) atoms. The average molecular weight is 412 g/mol. The molecule has 3 aromatic rings. The van der Waals surface area contributed by atoms with Crippen LogP contribution < -0.4 is 14.8 Å². The Morgan fingerprint density at radius 1 is 1.10 bits per heavy atom. The number of amides is 1. The van der Waals surface area contributed by atoms with Crippen LogP contribution in [0.3, 0.4) is 0 Å². The van der Waals surface area contributed by atoms with E-state index in [1.165, 1.54) is 19.8 Å². The van der Waals surface area contributed by atoms with E-state index in [-0.39, 0.29) is 5.91 Å². The number of carbonyl (C=O) groups excluding carboxylic acids is 1. The highest BCUT2D eigenvalue weighted by molar-refractivity contribution is 6.32. The van der Waals surface area contributed by atoms with Gasteiger partial charge in [-0.3, -0.25) is 4.79 Å². The lowest BCUT2D eigenvalue weighted by Gasteiger charge is -2.12. The Morgan fingerprint density at radius 3 is 2.52 bits per heavy atom. The predicted octanol–water partition coefficient (Wildman–Crippen LogP) is 4.59. The number of rotatable bonds is 5. The van der Waals surface area contributed by atoms with Gasteiger partial charge in [-0.1, -0.05) is 29.3 Å². The van der Waals surface area contributed by atoms with Crippen LogP contribution in [0.4, 0.5) is 5.69 Å². The summed E-state index contributed by atoms with van der Waals surface area (Å²) < 4.78 is 12.5. The summed E-state index contributed by atoms with van der Waals surface area (Å²) in [7, 11) is 3.06. The normalized spacial score (nSPS) is 12.6. The summed E-state index contributed by atoms with van der Waals surface area (Å²) in [6, 6.07) is 11.4. The van der Waals surface area contributed by atoms with Crippen LogP contribution in [0.25, 0.3) is 5.69 Å². The molecule has 0 radical (unpaired) electrons. The van der Waals surface area contributed by atoms with Crippen LogP contribution in [0.1, 0.15) is 33.7 Å². The second kappa shape index (κ2) is 7.79. The standard InChI is InChI=1S/C22H22ClN3O3/c1-13-7-9-14(10-8-13)26-18-6-4-5-15(18)21(25-26)22(27)24-17-11-16(23)19(28-2)12-20(17)29-3/h7-12H,4-6H2,1-3H3,(H,24,27). The number of benzene rings is 2. The summed E-state index contributed by atoms with van der Waals surface area (Å²) in [5.41, 5.74) is 5.14. The smallest absolute Gasteiger partial charge is 0.276 e. The molecule has 1 aliphatic carbocycles. The third kappa shape index (κ3) is 3.56. The van der Waals surface area contributed by atoms with Gasteiger partial charge in [0.2, 0.25) is 0 Å². The number of nitrogens with one attached hydrogen (secondary N) is 1. The van der Waals surface area contributed by atoms with Crippen molar-refractivity contribution in [1.82, 2.24) is 9.78 Å². The molecule has 0 atom stereocenters. The molecular formula is C22H22ClN3O3. The molecule has 1 amide bonds. The first-order chi connectivity index (χ1) is 14.0. The van der Waals surface area contributed by atoms with Gasteiger partial charge in [-0.2, -0.15) is 5.10 Å². The third-order valence-electron chi connectivity index (χ3n) is 5.15. The molecule has 1 aliphatic rings. The Morgan fingerprint density at radius 2 is 1.83 bits per heavy atom. The molecule has 7 heteroatoms. The Kier molecular flexibility index (Phi) is 5.20. The molecular weight excluding hydrogens is 390 g/mol. The molecule has 0 saturated heterocycles. The molecule has 2 aromatic carbocycles. The second-order valence-corrected chi connectivity index (χ2v) is 7.42. The highest BCUT2D eigenvalue weighted by atomic mass is 35.5. The maximum Gasteiger partial charge on any atom is 0.276 e. The van der Waals surface area contributed by atoms with Crippen molar-refractivity contribution < 1.29 is 14.3 Å². The van der Waals surface area contributed by atoms with Crippen molar-refractivity contribution in [2.75, 3.05) is 19.5 Å². The van der Waals surface area contributed by atoms with E-state index in [9.17, 15) is 4.79 Å². The van der Waals surface area contributed by atoms with E-state index >= 15 is 0 Å². The van der Waals surface area contributed by atoms with Crippen LogP contribution in [0.15, 0.2) is 36.4 Å². The first kappa shape index (κ1) is 19.3. The minimum absolute atomic E-state index is 0.284. The molecule has 1 aromatic heterocycles. The summed E-state index contributed by atoms with van der Waals surface area (Å²) in [5.74, 6) is 0.661. The van der Waals surface area contributed by atoms with Gasteiger partial charge >= 0.3 is 0 Å². The van der Waals surface area contributed by atoms with E-state index < -0.39 is 0 Å². The molecule has 0 aliphatic heterocycles. The number of ether oxygens (including phenoxy) is 2. The minimum Gasteiger partial charge on any atom is -0.495 e. The quantitative estimate of drug-likeness (QED) is 0.666. The van der Waals surface area contributed by atoms with Crippen LogP contribution in [0, 0.1) is 6.92 Å². The van der Waals surface area contributed by atoms with Gasteiger partial charge < -0.3 is 14.8 Å². The highest BCUT2D eigenvalue weighted by Crippen LogP contribution is 2.36. The monoisotopic (exact) mass is 411 g/mol. The number of carbonyl (C=O) groups is 1. The number of hydrogen-bond donors (Lipinski definition) is 1. The van der Waals surface area contributed by atoms with Crippen molar-refractivity contribution in [3.8, 4) is 17.2 Å². The lowest BCUT2D eigenvalue weighted by Crippen LogP contribution is -2.15. The van der Waals surface area contributed by atoms with Gasteiger partial charge in [0, 0.05) is 17.3 Å². The maximum atomic E-state index is 13.1. The summed E-state index contributed by atoms with van der Waals surface area (Å²) in [5, 5.41) is 7.93. The Balaban J connectivity index is 1.69. The van der Waals surface area contributed by atoms with E-state index in [4.69, 9.17) is 21.1 Å². The Labute approximate surface area is 174 Å². The second-order valence-electron chi connectivity index (χ2n) is 7.02. The zero-order valence-electron chi connectivity index (χ0n) is 16.6. The molecule has 0 spiro atoms. The van der Waals surface area contributed by atoms with E-state index in [1.54, 1.807) is 12.1 Å². The lowest BCUT2D eigenvalue weighted by molar-refractivity contribution is 0.102. The Hall–Kier alpha value is -2.99. The van der Waals surface area contributed by atoms with Crippen molar-refractivity contribution in [1.29, 1.82) is 0 Å². The summed E-state index contributed by atoms with van der Waals surface area (Å²) >= 11 is 6.23. The molecule has 0 fully saturated rings. The van der Waals surface area contributed by atoms with Gasteiger partial charge in [-0.15, -0.1) is 0 Å². The predicted molar refractivity (Wildman–Crippen MR) is 113 cm³/mol. The van der Waals surface area contributed by atoms with Crippen molar-refractivity contribution in [2.24, 2.45) is 0 Å². The van der Waals surface area contributed by atoms with Gasteiger partial charge in [0.05, 0.1) is 30.6 Å². The number of methoxy groups -OCH3 is 2. The van der Waals surface area contributed by atoms with Gasteiger partial charge in [0.25, 0.3) is 5.91 Å². The van der Waals surface area contributed by atoms with Crippen LogP contribution >= 0.6 is 11.6 Å². The summed E-state index contributed by atoms with van der Waals surface area (Å²) in [6.45, 7) is 2.05. The average Bonchev–Trinajstić information content (AvgIpc) is 3.32. The third-order valence-corrected chi connectivity index (χ3v) is 5.44. The highest BCUT2D eigenvalue weighted by Gasteiger charge is 2.27. The van der Waals surface area contributed by atoms with Gasteiger partial charge in [0.1, 0.15) is 11.5 Å². The molecule has 1 N–H and O–H groups in total. The molecule has 0 unspecified atom stereocenters. The van der Waals surface area contributed by atoms with Crippen molar-refractivity contribution in [3.63, 3.8) is 0 Å². The number of fused-ring (bicyclic) bond motifs is 1. The first-order valence-electron chi connectivity index (χ1n) is 9.42. The van der Waals surface area contributed by atoms with E-state index in [0.717, 1.165) is 36.2 Å². The molecule has 150 valence electrons. The largest absolute Gasteiger partial charge is 0.495 e. The number of nitrogens with zero attached hydrogens (tertiary/aromatic N) is 2. The van der Waals surface area contributed by atoms with Crippen molar-refractivity contribution >= 4 is 23.2 Å². The first-order valence-corrected chi connectivity index (χ1v) is 9.80. The number of hydrogen-bond acceptors (Lipinski definition) is 4. The lowest BCUT2D eigenvalue weighted by atomic mass is 10.2. The number of aryl methyl sites for hydroxylation is 1. The Bertz CT molecular complexity index is 1070. The molecule has 0 bridgehead atoms. The number of anilines is 1. The van der Waals surface area contributed by atoms with Crippen LogP contribution in [0.2, 0.25) is 5.02 Å². The fourth-order valence-electron chi connectivity index (χ4n) is 3.66. The molecule has 0 saturated carbocycles. The van der Waals surface area contributed by atoms with Crippen molar-refractivity contribution in [2.45, 2.75) is 26.2 Å². The molecule has 6 nitrogen and oxygen atoms in total. The zero-order chi connectivity index (χ0) is 20.5. The topological polar surface area (TPSA) is 65.4 Å². The van der Waals surface area contributed by atoms with Gasteiger partial charge in [0.15, 0.2) is 5.69 Å². The fourth-order valence-corrected chi connectivity index (χ4v) is 3.90.